The average Bonchev–Trinajstić information content (AvgIpc) is 3.13. The molecule has 0 radical (unpaired) electrons. The number of carbonyl (C=O) groups excluding carboxylic acids is 2. The third-order valence-electron chi connectivity index (χ3n) is 5.53. The third kappa shape index (κ3) is 3.38. The lowest BCUT2D eigenvalue weighted by atomic mass is 9.97. The Hall–Kier alpha value is -3.15. The maximum absolute atomic E-state index is 13.0. The van der Waals surface area contributed by atoms with Gasteiger partial charge in [-0.15, -0.1) is 0 Å². The number of nitrogens with two attached hydrogens (primary N) is 1. The van der Waals surface area contributed by atoms with Crippen molar-refractivity contribution in [1.29, 1.82) is 0 Å². The van der Waals surface area contributed by atoms with E-state index in [9.17, 15) is 9.59 Å². The number of hydrogen-bond donors (Lipinski definition) is 2. The summed E-state index contributed by atoms with van der Waals surface area (Å²) in [5.74, 6) is -0.401. The van der Waals surface area contributed by atoms with Crippen molar-refractivity contribution >= 4 is 22.7 Å². The number of benzene rings is 2. The Labute approximate surface area is 163 Å². The summed E-state index contributed by atoms with van der Waals surface area (Å²) in [5, 5.41) is 8.63. The molecule has 6 heteroatoms. The molecule has 1 fully saturated rings. The van der Waals surface area contributed by atoms with E-state index in [1.165, 1.54) is 0 Å². The SMILES string of the molecule is Cc1cccc2[nH]nc(-c3ccc(C(=O)N4CCCC[C@H]4CC(N)=O)cc3)c12. The van der Waals surface area contributed by atoms with Crippen LogP contribution in [0.15, 0.2) is 42.5 Å². The smallest absolute Gasteiger partial charge is 0.254 e. The van der Waals surface area contributed by atoms with Crippen LogP contribution in [0.4, 0.5) is 0 Å². The summed E-state index contributed by atoms with van der Waals surface area (Å²) in [7, 11) is 0. The molecule has 3 aromatic rings. The van der Waals surface area contributed by atoms with E-state index >= 15 is 0 Å². The van der Waals surface area contributed by atoms with E-state index in [0.29, 0.717) is 12.1 Å². The minimum absolute atomic E-state index is 0.0411. The molecule has 1 aliphatic rings. The maximum atomic E-state index is 13.0. The van der Waals surface area contributed by atoms with E-state index in [4.69, 9.17) is 5.73 Å². The van der Waals surface area contributed by atoms with Crippen LogP contribution in [0.2, 0.25) is 0 Å². The minimum Gasteiger partial charge on any atom is -0.370 e. The van der Waals surface area contributed by atoms with Crippen LogP contribution in [-0.2, 0) is 4.79 Å². The van der Waals surface area contributed by atoms with Gasteiger partial charge in [0.15, 0.2) is 0 Å². The molecule has 144 valence electrons. The molecule has 28 heavy (non-hydrogen) atoms. The van der Waals surface area contributed by atoms with Gasteiger partial charge in [0, 0.05) is 35.5 Å². The van der Waals surface area contributed by atoms with Crippen LogP contribution in [0.3, 0.4) is 0 Å². The molecule has 0 saturated carbocycles. The number of aromatic nitrogens is 2. The first-order valence-electron chi connectivity index (χ1n) is 9.68. The normalized spacial score (nSPS) is 17.0. The Bertz CT molecular complexity index is 1020. The van der Waals surface area contributed by atoms with Crippen LogP contribution in [0, 0.1) is 6.92 Å². The molecular formula is C22H24N4O2. The molecular weight excluding hydrogens is 352 g/mol. The molecule has 2 amide bonds. The van der Waals surface area contributed by atoms with E-state index < -0.39 is 0 Å². The summed E-state index contributed by atoms with van der Waals surface area (Å²) in [5.41, 5.74) is 9.99. The lowest BCUT2D eigenvalue weighted by Gasteiger charge is -2.35. The number of aromatic amines is 1. The highest BCUT2D eigenvalue weighted by atomic mass is 16.2. The zero-order chi connectivity index (χ0) is 19.7. The second-order valence-electron chi connectivity index (χ2n) is 7.47. The number of nitrogens with zero attached hydrogens (tertiary/aromatic N) is 2. The Morgan fingerprint density at radius 2 is 1.96 bits per heavy atom. The van der Waals surface area contributed by atoms with E-state index in [1.807, 2.05) is 36.4 Å². The van der Waals surface area contributed by atoms with Crippen molar-refractivity contribution in [1.82, 2.24) is 15.1 Å². The summed E-state index contributed by atoms with van der Waals surface area (Å²) in [6, 6.07) is 13.5. The van der Waals surface area contributed by atoms with Crippen molar-refractivity contribution in [2.24, 2.45) is 5.73 Å². The Morgan fingerprint density at radius 3 is 2.71 bits per heavy atom. The van der Waals surface area contributed by atoms with Gasteiger partial charge in [-0.25, -0.2) is 0 Å². The second kappa shape index (κ2) is 7.46. The molecule has 2 aromatic carbocycles. The molecule has 1 aliphatic heterocycles. The first-order valence-corrected chi connectivity index (χ1v) is 9.68. The lowest BCUT2D eigenvalue weighted by Crippen LogP contribution is -2.45. The summed E-state index contributed by atoms with van der Waals surface area (Å²) in [6.45, 7) is 2.73. The fourth-order valence-corrected chi connectivity index (χ4v) is 4.11. The zero-order valence-corrected chi connectivity index (χ0v) is 15.9. The number of piperidine rings is 1. The van der Waals surface area contributed by atoms with Gasteiger partial charge in [0.05, 0.1) is 5.52 Å². The van der Waals surface area contributed by atoms with Crippen molar-refractivity contribution in [2.75, 3.05) is 6.54 Å². The van der Waals surface area contributed by atoms with Crippen LogP contribution in [-0.4, -0.2) is 39.5 Å². The number of carbonyl (C=O) groups is 2. The maximum Gasteiger partial charge on any atom is 0.254 e. The van der Waals surface area contributed by atoms with Gasteiger partial charge in [-0.05, 0) is 49.9 Å². The van der Waals surface area contributed by atoms with Gasteiger partial charge in [0.2, 0.25) is 5.91 Å². The number of nitrogens with one attached hydrogen (secondary N) is 1. The Morgan fingerprint density at radius 1 is 1.18 bits per heavy atom. The second-order valence-corrected chi connectivity index (χ2v) is 7.47. The quantitative estimate of drug-likeness (QED) is 0.731. The van der Waals surface area contributed by atoms with Crippen molar-refractivity contribution in [3.8, 4) is 11.3 Å². The lowest BCUT2D eigenvalue weighted by molar-refractivity contribution is -0.119. The first-order chi connectivity index (χ1) is 13.5. The molecule has 1 atom stereocenters. The van der Waals surface area contributed by atoms with E-state index in [-0.39, 0.29) is 24.3 Å². The molecule has 1 aromatic heterocycles. The average molecular weight is 376 g/mol. The monoisotopic (exact) mass is 376 g/mol. The highest BCUT2D eigenvalue weighted by Gasteiger charge is 2.28. The van der Waals surface area contributed by atoms with Gasteiger partial charge in [-0.1, -0.05) is 24.3 Å². The number of amides is 2. The zero-order valence-electron chi connectivity index (χ0n) is 15.9. The highest BCUT2D eigenvalue weighted by molar-refractivity contribution is 5.98. The van der Waals surface area contributed by atoms with Gasteiger partial charge in [0.1, 0.15) is 5.69 Å². The van der Waals surface area contributed by atoms with Crippen LogP contribution in [0.5, 0.6) is 0 Å². The highest BCUT2D eigenvalue weighted by Crippen LogP contribution is 2.29. The summed E-state index contributed by atoms with van der Waals surface area (Å²) >= 11 is 0. The van der Waals surface area contributed by atoms with Crippen molar-refractivity contribution in [3.63, 3.8) is 0 Å². The molecule has 3 N–H and O–H groups in total. The number of fused-ring (bicyclic) bond motifs is 1. The summed E-state index contributed by atoms with van der Waals surface area (Å²) < 4.78 is 0. The summed E-state index contributed by atoms with van der Waals surface area (Å²) in [6.07, 6.45) is 3.03. The van der Waals surface area contributed by atoms with Gasteiger partial charge in [0.25, 0.3) is 5.91 Å². The number of hydrogen-bond acceptors (Lipinski definition) is 3. The predicted molar refractivity (Wildman–Crippen MR) is 109 cm³/mol. The molecule has 6 nitrogen and oxygen atoms in total. The molecule has 4 rings (SSSR count). The van der Waals surface area contributed by atoms with Crippen LogP contribution >= 0.6 is 0 Å². The fraction of sp³-hybridized carbons (Fsp3) is 0.318. The van der Waals surface area contributed by atoms with E-state index in [1.54, 1.807) is 4.90 Å². The molecule has 0 unspecified atom stereocenters. The molecule has 2 heterocycles. The van der Waals surface area contributed by atoms with Gasteiger partial charge < -0.3 is 10.6 Å². The van der Waals surface area contributed by atoms with Gasteiger partial charge >= 0.3 is 0 Å². The fourth-order valence-electron chi connectivity index (χ4n) is 4.11. The molecule has 1 saturated heterocycles. The van der Waals surface area contributed by atoms with Crippen molar-refractivity contribution < 1.29 is 9.59 Å². The standard InChI is InChI=1S/C22H24N4O2/c1-14-5-4-7-18-20(14)21(25-24-18)15-8-10-16(11-9-15)22(28)26-12-3-2-6-17(26)13-19(23)27/h4-5,7-11,17H,2-3,6,12-13H2,1H3,(H2,23,27)(H,24,25)/t17-/m0/s1. The van der Waals surface area contributed by atoms with Gasteiger partial charge in [-0.3, -0.25) is 14.7 Å². The molecule has 0 spiro atoms. The van der Waals surface area contributed by atoms with Crippen molar-refractivity contribution in [2.45, 2.75) is 38.6 Å². The largest absolute Gasteiger partial charge is 0.370 e. The number of H-pyrrole nitrogens is 1. The van der Waals surface area contributed by atoms with E-state index in [2.05, 4.69) is 23.2 Å². The molecule has 0 bridgehead atoms. The molecule has 0 aliphatic carbocycles. The number of primary amides is 1. The van der Waals surface area contributed by atoms with Crippen LogP contribution < -0.4 is 5.73 Å². The van der Waals surface area contributed by atoms with Crippen molar-refractivity contribution in [3.05, 3.63) is 53.6 Å². The third-order valence-corrected chi connectivity index (χ3v) is 5.53. The topological polar surface area (TPSA) is 92.1 Å². The Kier molecular flexibility index (Phi) is 4.86. The number of rotatable bonds is 4. The summed E-state index contributed by atoms with van der Waals surface area (Å²) in [4.78, 5) is 26.2. The van der Waals surface area contributed by atoms with E-state index in [0.717, 1.165) is 47.0 Å². The minimum atomic E-state index is -0.360. The Balaban J connectivity index is 1.60. The van der Waals surface area contributed by atoms with Crippen LogP contribution in [0.1, 0.15) is 41.6 Å². The predicted octanol–water partition coefficient (Wildman–Crippen LogP) is 3.41. The first kappa shape index (κ1) is 18.2. The van der Waals surface area contributed by atoms with Gasteiger partial charge in [-0.2, -0.15) is 5.10 Å². The van der Waals surface area contributed by atoms with Crippen LogP contribution in [0.25, 0.3) is 22.2 Å². The number of likely N-dealkylation sites (tertiary alicyclic amines) is 1. The number of aryl methyl sites for hydroxylation is 1.